The topological polar surface area (TPSA) is 90.1 Å². The molecular formula is C14H20N4O3. The highest BCUT2D eigenvalue weighted by Crippen LogP contribution is 2.24. The lowest BCUT2D eigenvalue weighted by Crippen LogP contribution is -2.33. The molecule has 0 amide bonds. The molecule has 0 spiro atoms. The van der Waals surface area contributed by atoms with E-state index in [4.69, 9.17) is 9.26 Å². The van der Waals surface area contributed by atoms with Crippen LogP contribution in [0.15, 0.2) is 10.9 Å². The van der Waals surface area contributed by atoms with Crippen LogP contribution < -0.4 is 5.32 Å². The van der Waals surface area contributed by atoms with Gasteiger partial charge in [-0.3, -0.25) is 0 Å². The Labute approximate surface area is 123 Å². The minimum Gasteiger partial charge on any atom is -0.464 e. The summed E-state index contributed by atoms with van der Waals surface area (Å²) in [7, 11) is 0. The summed E-state index contributed by atoms with van der Waals surface area (Å²) in [5, 5.41) is 7.70. The van der Waals surface area contributed by atoms with Crippen molar-refractivity contribution in [3.63, 3.8) is 0 Å². The van der Waals surface area contributed by atoms with Gasteiger partial charge in [0.05, 0.1) is 12.3 Å². The third-order valence-corrected chi connectivity index (χ3v) is 3.03. The average Bonchev–Trinajstić information content (AvgIpc) is 2.81. The van der Waals surface area contributed by atoms with Crippen molar-refractivity contribution in [2.75, 3.05) is 11.9 Å². The fraction of sp³-hybridized carbons (Fsp3) is 0.571. The molecule has 7 heteroatoms. The Bertz CT molecular complexity index is 624. The van der Waals surface area contributed by atoms with Crippen molar-refractivity contribution in [3.05, 3.63) is 12.0 Å². The van der Waals surface area contributed by atoms with Crippen LogP contribution in [0.1, 0.15) is 32.9 Å². The zero-order valence-electron chi connectivity index (χ0n) is 12.7. The summed E-state index contributed by atoms with van der Waals surface area (Å²) in [5.74, 6) is 0.595. The van der Waals surface area contributed by atoms with Crippen molar-refractivity contribution in [3.8, 4) is 0 Å². The largest absolute Gasteiger partial charge is 0.464 e. The van der Waals surface area contributed by atoms with E-state index in [0.29, 0.717) is 41.6 Å². The monoisotopic (exact) mass is 292 g/mol. The molecule has 0 saturated heterocycles. The molecule has 114 valence electrons. The van der Waals surface area contributed by atoms with Gasteiger partial charge in [0, 0.05) is 0 Å². The van der Waals surface area contributed by atoms with E-state index in [2.05, 4.69) is 20.4 Å². The fourth-order valence-corrected chi connectivity index (χ4v) is 2.12. The van der Waals surface area contributed by atoms with E-state index in [-0.39, 0.29) is 5.97 Å². The summed E-state index contributed by atoms with van der Waals surface area (Å²) in [6.45, 7) is 8.04. The molecule has 0 aromatic carbocycles. The molecule has 21 heavy (non-hydrogen) atoms. The van der Waals surface area contributed by atoms with Gasteiger partial charge < -0.3 is 14.6 Å². The first-order chi connectivity index (χ1) is 10.0. The first-order valence-corrected chi connectivity index (χ1v) is 7.03. The highest BCUT2D eigenvalue weighted by Gasteiger charge is 2.23. The molecule has 0 fully saturated rings. The van der Waals surface area contributed by atoms with Crippen LogP contribution in [0.5, 0.6) is 0 Å². The number of carbonyl (C=O) groups is 1. The Balaban J connectivity index is 2.29. The van der Waals surface area contributed by atoms with Gasteiger partial charge in [-0.1, -0.05) is 19.0 Å². The smallest absolute Gasteiger partial charge is 0.328 e. The van der Waals surface area contributed by atoms with Crippen LogP contribution in [0.2, 0.25) is 0 Å². The van der Waals surface area contributed by atoms with Crippen LogP contribution in [0, 0.1) is 12.8 Å². The minimum absolute atomic E-state index is 0.285. The van der Waals surface area contributed by atoms with Crippen molar-refractivity contribution in [2.45, 2.75) is 40.2 Å². The summed E-state index contributed by atoms with van der Waals surface area (Å²) < 4.78 is 10.2. The Hall–Kier alpha value is -2.18. The number of hydrogen-bond donors (Lipinski definition) is 1. The number of hydrogen-bond acceptors (Lipinski definition) is 7. The molecule has 2 aromatic rings. The quantitative estimate of drug-likeness (QED) is 0.817. The summed E-state index contributed by atoms with van der Waals surface area (Å²) in [5.41, 5.74) is 1.08. The van der Waals surface area contributed by atoms with Gasteiger partial charge in [-0.15, -0.1) is 0 Å². The van der Waals surface area contributed by atoms with Crippen LogP contribution in [0.25, 0.3) is 11.1 Å². The Morgan fingerprint density at radius 3 is 2.86 bits per heavy atom. The number of anilines is 1. The van der Waals surface area contributed by atoms with Crippen molar-refractivity contribution in [2.24, 2.45) is 5.92 Å². The van der Waals surface area contributed by atoms with E-state index in [1.54, 1.807) is 6.92 Å². The van der Waals surface area contributed by atoms with Crippen LogP contribution in [-0.4, -0.2) is 33.7 Å². The zero-order chi connectivity index (χ0) is 15.4. The van der Waals surface area contributed by atoms with Gasteiger partial charge >= 0.3 is 5.97 Å². The Kier molecular flexibility index (Phi) is 4.72. The van der Waals surface area contributed by atoms with Crippen molar-refractivity contribution in [1.29, 1.82) is 0 Å². The number of ether oxygens (including phenoxy) is 1. The van der Waals surface area contributed by atoms with Crippen molar-refractivity contribution in [1.82, 2.24) is 15.1 Å². The van der Waals surface area contributed by atoms with Crippen LogP contribution >= 0.6 is 0 Å². The maximum atomic E-state index is 12.1. The molecule has 0 bridgehead atoms. The summed E-state index contributed by atoms with van der Waals surface area (Å²) in [4.78, 5) is 20.3. The third-order valence-electron chi connectivity index (χ3n) is 3.03. The second-order valence-corrected chi connectivity index (χ2v) is 5.25. The highest BCUT2D eigenvalue weighted by atomic mass is 16.5. The van der Waals surface area contributed by atoms with Gasteiger partial charge in [0.1, 0.15) is 23.6 Å². The van der Waals surface area contributed by atoms with Gasteiger partial charge in [0.25, 0.3) is 5.71 Å². The fourth-order valence-electron chi connectivity index (χ4n) is 2.12. The second kappa shape index (κ2) is 6.51. The molecule has 2 rings (SSSR count). The minimum atomic E-state index is -0.461. The molecule has 1 atom stereocenters. The SMILES string of the molecule is CCOC(=O)[C@H](CC(C)C)Nc1ncnc2onc(C)c12. The van der Waals surface area contributed by atoms with Crippen LogP contribution in [0.3, 0.4) is 0 Å². The van der Waals surface area contributed by atoms with Crippen LogP contribution in [0.4, 0.5) is 5.82 Å². The lowest BCUT2D eigenvalue weighted by molar-refractivity contribution is -0.144. The average molecular weight is 292 g/mol. The van der Waals surface area contributed by atoms with E-state index in [1.165, 1.54) is 6.33 Å². The van der Waals surface area contributed by atoms with Gasteiger partial charge in [-0.05, 0) is 26.2 Å². The van der Waals surface area contributed by atoms with Crippen molar-refractivity contribution < 1.29 is 14.1 Å². The number of nitrogens with one attached hydrogen (secondary N) is 1. The van der Waals surface area contributed by atoms with E-state index in [9.17, 15) is 4.79 Å². The summed E-state index contributed by atoms with van der Waals surface area (Å²) in [6.07, 6.45) is 2.03. The lowest BCUT2D eigenvalue weighted by Gasteiger charge is -2.19. The third kappa shape index (κ3) is 3.48. The van der Waals surface area contributed by atoms with E-state index < -0.39 is 6.04 Å². The molecule has 0 aliphatic carbocycles. The molecule has 0 radical (unpaired) electrons. The number of nitrogens with zero attached hydrogens (tertiary/aromatic N) is 3. The predicted molar refractivity (Wildman–Crippen MR) is 77.8 cm³/mol. The van der Waals surface area contributed by atoms with E-state index >= 15 is 0 Å². The number of esters is 1. The highest BCUT2D eigenvalue weighted by molar-refractivity contribution is 5.89. The molecule has 0 aliphatic rings. The number of fused-ring (bicyclic) bond motifs is 1. The standard InChI is InChI=1S/C14H20N4O3/c1-5-20-14(19)10(6-8(2)3)17-12-11-9(4)18-21-13(11)16-7-15-12/h7-8,10H,5-6H2,1-4H3,(H,15,16,17)/t10-/m0/s1. The predicted octanol–water partition coefficient (Wildman–Crippen LogP) is 2.32. The van der Waals surface area contributed by atoms with Gasteiger partial charge in [-0.25, -0.2) is 9.78 Å². The molecule has 0 saturated carbocycles. The molecule has 7 nitrogen and oxygen atoms in total. The first-order valence-electron chi connectivity index (χ1n) is 7.03. The van der Waals surface area contributed by atoms with Gasteiger partial charge in [0.2, 0.25) is 0 Å². The van der Waals surface area contributed by atoms with Crippen molar-refractivity contribution >= 4 is 22.9 Å². The first kappa shape index (κ1) is 15.2. The van der Waals surface area contributed by atoms with Gasteiger partial charge in [-0.2, -0.15) is 4.98 Å². The zero-order valence-corrected chi connectivity index (χ0v) is 12.7. The summed E-state index contributed by atoms with van der Waals surface area (Å²) >= 11 is 0. The molecule has 0 unspecified atom stereocenters. The molecule has 2 aromatic heterocycles. The van der Waals surface area contributed by atoms with Crippen LogP contribution in [-0.2, 0) is 9.53 Å². The maximum absolute atomic E-state index is 12.1. The molecule has 2 heterocycles. The number of rotatable bonds is 6. The molecular weight excluding hydrogens is 272 g/mol. The number of carbonyl (C=O) groups excluding carboxylic acids is 1. The van der Waals surface area contributed by atoms with E-state index in [1.807, 2.05) is 20.8 Å². The maximum Gasteiger partial charge on any atom is 0.328 e. The van der Waals surface area contributed by atoms with Gasteiger partial charge in [0.15, 0.2) is 0 Å². The second-order valence-electron chi connectivity index (χ2n) is 5.25. The Morgan fingerprint density at radius 2 is 2.19 bits per heavy atom. The Morgan fingerprint density at radius 1 is 1.43 bits per heavy atom. The summed E-state index contributed by atoms with van der Waals surface area (Å²) in [6, 6.07) is -0.461. The number of aromatic nitrogens is 3. The lowest BCUT2D eigenvalue weighted by atomic mass is 10.0. The number of aryl methyl sites for hydroxylation is 1. The molecule has 1 N–H and O–H groups in total. The normalized spacial score (nSPS) is 12.6. The molecule has 0 aliphatic heterocycles. The van der Waals surface area contributed by atoms with E-state index in [0.717, 1.165) is 0 Å².